The van der Waals surface area contributed by atoms with Crippen molar-refractivity contribution in [3.8, 4) is 0 Å². The summed E-state index contributed by atoms with van der Waals surface area (Å²) in [5, 5.41) is -0.0571. The molecule has 0 fully saturated rings. The lowest BCUT2D eigenvalue weighted by Gasteiger charge is -2.08. The van der Waals surface area contributed by atoms with Gasteiger partial charge in [0.2, 0.25) is 10.0 Å². The molecular weight excluding hydrogens is 356 g/mol. The van der Waals surface area contributed by atoms with Gasteiger partial charge in [-0.2, -0.15) is 0 Å². The molecule has 0 aliphatic heterocycles. The zero-order chi connectivity index (χ0) is 13.9. The van der Waals surface area contributed by atoms with Gasteiger partial charge in [0.1, 0.15) is 10.0 Å². The summed E-state index contributed by atoms with van der Waals surface area (Å²) in [6.07, 6.45) is 6.43. The first-order valence-corrected chi connectivity index (χ1v) is 7.91. The number of sulfonamides is 1. The number of nitrogens with one attached hydrogen (secondary N) is 1. The molecule has 0 atom stereocenters. The van der Waals surface area contributed by atoms with Gasteiger partial charge in [0, 0.05) is 36.2 Å². The van der Waals surface area contributed by atoms with Crippen LogP contribution in [0.4, 0.5) is 0 Å². The van der Waals surface area contributed by atoms with E-state index in [1.807, 2.05) is 0 Å². The summed E-state index contributed by atoms with van der Waals surface area (Å²) in [7, 11) is -3.67. The molecule has 0 unspecified atom stereocenters. The van der Waals surface area contributed by atoms with Gasteiger partial charge in [0.25, 0.3) is 0 Å². The Hall–Kier alpha value is -0.960. The average molecular weight is 366 g/mol. The molecule has 102 valence electrons. The van der Waals surface area contributed by atoms with Crippen molar-refractivity contribution in [3.05, 3.63) is 40.6 Å². The average Bonchev–Trinajstić information content (AvgIpc) is 2.85. The van der Waals surface area contributed by atoms with Crippen molar-refractivity contribution in [1.82, 2.24) is 19.3 Å². The third-order valence-corrected chi connectivity index (χ3v) is 4.61. The summed E-state index contributed by atoms with van der Waals surface area (Å²) in [6, 6.07) is 1.41. The van der Waals surface area contributed by atoms with Crippen LogP contribution >= 0.6 is 27.5 Å². The highest BCUT2D eigenvalue weighted by atomic mass is 79.9. The summed E-state index contributed by atoms with van der Waals surface area (Å²) in [5.41, 5.74) is 0. The minimum Gasteiger partial charge on any atom is -0.336 e. The van der Waals surface area contributed by atoms with Gasteiger partial charge in [0.05, 0.1) is 6.33 Å². The van der Waals surface area contributed by atoms with Gasteiger partial charge in [-0.3, -0.25) is 0 Å². The van der Waals surface area contributed by atoms with E-state index in [0.29, 0.717) is 11.0 Å². The van der Waals surface area contributed by atoms with E-state index >= 15 is 0 Å². The van der Waals surface area contributed by atoms with Crippen LogP contribution in [0.3, 0.4) is 0 Å². The molecule has 0 spiro atoms. The molecule has 2 aromatic rings. The van der Waals surface area contributed by atoms with Crippen LogP contribution in [0, 0.1) is 0 Å². The van der Waals surface area contributed by atoms with Crippen molar-refractivity contribution >= 4 is 37.6 Å². The van der Waals surface area contributed by atoms with Crippen LogP contribution in [0.25, 0.3) is 0 Å². The fourth-order valence-electron chi connectivity index (χ4n) is 1.40. The van der Waals surface area contributed by atoms with E-state index in [0.717, 1.165) is 0 Å². The third kappa shape index (κ3) is 3.75. The molecule has 0 aliphatic rings. The van der Waals surface area contributed by atoms with Gasteiger partial charge in [0.15, 0.2) is 0 Å². The van der Waals surface area contributed by atoms with E-state index in [4.69, 9.17) is 11.6 Å². The van der Waals surface area contributed by atoms with Crippen LogP contribution in [-0.2, 0) is 16.6 Å². The number of pyridine rings is 1. The van der Waals surface area contributed by atoms with Crippen LogP contribution in [-0.4, -0.2) is 29.5 Å². The highest BCUT2D eigenvalue weighted by Gasteiger charge is 2.18. The molecule has 0 bridgehead atoms. The quantitative estimate of drug-likeness (QED) is 0.818. The topological polar surface area (TPSA) is 76.9 Å². The molecule has 19 heavy (non-hydrogen) atoms. The smallest absolute Gasteiger partial charge is 0.243 e. The number of hydrogen-bond acceptors (Lipinski definition) is 4. The van der Waals surface area contributed by atoms with E-state index in [9.17, 15) is 8.42 Å². The Balaban J connectivity index is 2.07. The largest absolute Gasteiger partial charge is 0.336 e. The number of imidazole rings is 1. The van der Waals surface area contributed by atoms with Gasteiger partial charge in [-0.15, -0.1) is 0 Å². The third-order valence-electron chi connectivity index (χ3n) is 2.28. The Morgan fingerprint density at radius 3 is 2.95 bits per heavy atom. The normalized spacial score (nSPS) is 11.7. The molecule has 0 amide bonds. The van der Waals surface area contributed by atoms with Gasteiger partial charge in [-0.25, -0.2) is 23.1 Å². The zero-order valence-electron chi connectivity index (χ0n) is 9.62. The molecule has 0 radical (unpaired) electrons. The Kier molecular flexibility index (Phi) is 4.56. The lowest BCUT2D eigenvalue weighted by atomic mass is 10.5. The lowest BCUT2D eigenvalue weighted by molar-refractivity contribution is 0.572. The summed E-state index contributed by atoms with van der Waals surface area (Å²) >= 11 is 8.96. The van der Waals surface area contributed by atoms with Gasteiger partial charge in [-0.1, -0.05) is 11.6 Å². The monoisotopic (exact) mass is 364 g/mol. The van der Waals surface area contributed by atoms with Gasteiger partial charge >= 0.3 is 0 Å². The predicted octanol–water partition coefficient (Wildman–Crippen LogP) is 1.67. The molecule has 9 heteroatoms. The molecule has 2 rings (SSSR count). The fourth-order valence-corrected chi connectivity index (χ4v) is 3.36. The van der Waals surface area contributed by atoms with Crippen molar-refractivity contribution in [2.24, 2.45) is 0 Å². The SMILES string of the molecule is O=S(=O)(NCCn1ccnc1)c1cc(Br)cnc1Cl. The summed E-state index contributed by atoms with van der Waals surface area (Å²) in [4.78, 5) is 7.61. The highest BCUT2D eigenvalue weighted by Crippen LogP contribution is 2.22. The molecule has 0 aromatic carbocycles. The number of aromatic nitrogens is 3. The maximum absolute atomic E-state index is 12.1. The van der Waals surface area contributed by atoms with Gasteiger partial charge < -0.3 is 4.57 Å². The first-order chi connectivity index (χ1) is 8.99. The second kappa shape index (κ2) is 6.00. The van der Waals surface area contributed by atoms with Crippen molar-refractivity contribution in [1.29, 1.82) is 0 Å². The summed E-state index contributed by atoms with van der Waals surface area (Å²) in [5.74, 6) is 0. The molecular formula is C10H10BrClN4O2S. The Morgan fingerprint density at radius 2 is 2.26 bits per heavy atom. The van der Waals surface area contributed by atoms with E-state index in [-0.39, 0.29) is 16.6 Å². The van der Waals surface area contributed by atoms with Crippen LogP contribution in [0.2, 0.25) is 5.15 Å². The van der Waals surface area contributed by atoms with Crippen LogP contribution in [0.5, 0.6) is 0 Å². The molecule has 2 aromatic heterocycles. The Morgan fingerprint density at radius 1 is 1.47 bits per heavy atom. The summed E-state index contributed by atoms with van der Waals surface area (Å²) < 4.78 is 28.9. The van der Waals surface area contributed by atoms with E-state index in [2.05, 4.69) is 30.6 Å². The minimum atomic E-state index is -3.67. The number of rotatable bonds is 5. The molecule has 2 heterocycles. The highest BCUT2D eigenvalue weighted by molar-refractivity contribution is 9.10. The molecule has 1 N–H and O–H groups in total. The number of nitrogens with zero attached hydrogens (tertiary/aromatic N) is 3. The van der Waals surface area contributed by atoms with E-state index in [1.165, 1.54) is 12.3 Å². The fraction of sp³-hybridized carbons (Fsp3) is 0.200. The number of hydrogen-bond donors (Lipinski definition) is 1. The minimum absolute atomic E-state index is 0.0471. The lowest BCUT2D eigenvalue weighted by Crippen LogP contribution is -2.27. The second-order valence-corrected chi connectivity index (χ2v) is 6.65. The summed E-state index contributed by atoms with van der Waals surface area (Å²) in [6.45, 7) is 0.722. The standard InChI is InChI=1S/C10H10BrClN4O2S/c11-8-5-9(10(12)14-6-8)19(17,18)15-2-4-16-3-1-13-7-16/h1,3,5-7,15H,2,4H2. The Bertz CT molecular complexity index is 660. The van der Waals surface area contributed by atoms with Crippen molar-refractivity contribution < 1.29 is 8.42 Å². The maximum Gasteiger partial charge on any atom is 0.243 e. The van der Waals surface area contributed by atoms with E-state index in [1.54, 1.807) is 23.3 Å². The zero-order valence-corrected chi connectivity index (χ0v) is 12.8. The van der Waals surface area contributed by atoms with Crippen LogP contribution in [0.15, 0.2) is 40.4 Å². The van der Waals surface area contributed by atoms with Crippen molar-refractivity contribution in [2.45, 2.75) is 11.4 Å². The second-order valence-electron chi connectivity index (χ2n) is 3.64. The van der Waals surface area contributed by atoms with Crippen molar-refractivity contribution in [2.75, 3.05) is 6.54 Å². The molecule has 0 saturated carbocycles. The predicted molar refractivity (Wildman–Crippen MR) is 74.4 cm³/mol. The van der Waals surface area contributed by atoms with Crippen molar-refractivity contribution in [3.63, 3.8) is 0 Å². The molecule has 0 aliphatic carbocycles. The first kappa shape index (κ1) is 14.4. The first-order valence-electron chi connectivity index (χ1n) is 5.25. The van der Waals surface area contributed by atoms with Crippen LogP contribution in [0.1, 0.15) is 0 Å². The van der Waals surface area contributed by atoms with E-state index < -0.39 is 10.0 Å². The van der Waals surface area contributed by atoms with Crippen LogP contribution < -0.4 is 4.72 Å². The van der Waals surface area contributed by atoms with Gasteiger partial charge in [-0.05, 0) is 22.0 Å². The molecule has 0 saturated heterocycles. The maximum atomic E-state index is 12.1. The molecule has 6 nitrogen and oxygen atoms in total. The Labute approximate surface area is 124 Å². The number of halogens is 2.